The van der Waals surface area contributed by atoms with Crippen molar-refractivity contribution in [2.75, 3.05) is 18.4 Å². The smallest absolute Gasteiger partial charge is 0.319 e. The molecule has 2 rings (SSSR count). The summed E-state index contributed by atoms with van der Waals surface area (Å²) in [6, 6.07) is 6.67. The van der Waals surface area contributed by atoms with Crippen molar-refractivity contribution in [3.8, 4) is 0 Å². The molecule has 1 heterocycles. The average molecular weight is 275 g/mol. The fraction of sp³-hybridized carbons (Fsp3) is 0.467. The maximum atomic E-state index is 12.1. The molecule has 108 valence electrons. The molecule has 1 aliphatic rings. The number of hydrogen-bond donors (Lipinski definition) is 2. The predicted molar refractivity (Wildman–Crippen MR) is 78.6 cm³/mol. The molecule has 5 heteroatoms. The largest absolute Gasteiger partial charge is 0.341 e. The number of anilines is 1. The summed E-state index contributed by atoms with van der Waals surface area (Å²) < 4.78 is 0. The molecule has 0 radical (unpaired) electrons. The summed E-state index contributed by atoms with van der Waals surface area (Å²) in [5, 5.41) is 5.40. The van der Waals surface area contributed by atoms with Gasteiger partial charge >= 0.3 is 6.03 Å². The standard InChI is InChI=1S/C15H21N3O2/c1-11-5-7-13(8-6-11)17-15(20)16-12(2)14(19)18-9-3-4-10-18/h5-8,12H,3-4,9-10H2,1-2H3,(H2,16,17,20)/t12-/m1/s1. The van der Waals surface area contributed by atoms with Crippen LogP contribution in [0.3, 0.4) is 0 Å². The van der Waals surface area contributed by atoms with Gasteiger partial charge in [-0.15, -0.1) is 0 Å². The number of rotatable bonds is 3. The first-order valence-electron chi connectivity index (χ1n) is 6.99. The first-order valence-corrected chi connectivity index (χ1v) is 6.99. The van der Waals surface area contributed by atoms with Crippen LogP contribution in [0.15, 0.2) is 24.3 Å². The van der Waals surface area contributed by atoms with Gasteiger partial charge in [-0.3, -0.25) is 4.79 Å². The summed E-state index contributed by atoms with van der Waals surface area (Å²) >= 11 is 0. The summed E-state index contributed by atoms with van der Waals surface area (Å²) in [5.74, 6) is -0.0124. The highest BCUT2D eigenvalue weighted by Gasteiger charge is 2.24. The van der Waals surface area contributed by atoms with Crippen molar-refractivity contribution in [2.45, 2.75) is 32.7 Å². The molecular weight excluding hydrogens is 254 g/mol. The molecule has 2 N–H and O–H groups in total. The van der Waals surface area contributed by atoms with Gasteiger partial charge in [0.2, 0.25) is 5.91 Å². The highest BCUT2D eigenvalue weighted by molar-refractivity contribution is 5.93. The molecule has 1 atom stereocenters. The van der Waals surface area contributed by atoms with Gasteiger partial charge in [-0.05, 0) is 38.8 Å². The Balaban J connectivity index is 1.84. The lowest BCUT2D eigenvalue weighted by molar-refractivity contribution is -0.131. The van der Waals surface area contributed by atoms with Crippen LogP contribution in [0.5, 0.6) is 0 Å². The zero-order chi connectivity index (χ0) is 14.5. The molecule has 20 heavy (non-hydrogen) atoms. The van der Waals surface area contributed by atoms with Crippen molar-refractivity contribution >= 4 is 17.6 Å². The van der Waals surface area contributed by atoms with E-state index in [1.54, 1.807) is 11.8 Å². The fourth-order valence-electron chi connectivity index (χ4n) is 2.27. The number of likely N-dealkylation sites (tertiary alicyclic amines) is 1. The van der Waals surface area contributed by atoms with Crippen LogP contribution in [-0.2, 0) is 4.79 Å². The molecule has 3 amide bonds. The van der Waals surface area contributed by atoms with E-state index in [1.807, 2.05) is 31.2 Å². The third-order valence-corrected chi connectivity index (χ3v) is 3.45. The number of aryl methyl sites for hydroxylation is 1. The molecule has 0 saturated carbocycles. The minimum Gasteiger partial charge on any atom is -0.341 e. The highest BCUT2D eigenvalue weighted by Crippen LogP contribution is 2.10. The van der Waals surface area contributed by atoms with E-state index < -0.39 is 6.04 Å². The molecule has 0 aromatic heterocycles. The van der Waals surface area contributed by atoms with Crippen LogP contribution in [0, 0.1) is 6.92 Å². The van der Waals surface area contributed by atoms with Gasteiger partial charge in [0, 0.05) is 18.8 Å². The molecular formula is C15H21N3O2. The Morgan fingerprint density at radius 1 is 1.15 bits per heavy atom. The molecule has 1 saturated heterocycles. The van der Waals surface area contributed by atoms with Crippen molar-refractivity contribution < 1.29 is 9.59 Å². The molecule has 0 spiro atoms. The highest BCUT2D eigenvalue weighted by atomic mass is 16.2. The van der Waals surface area contributed by atoms with Crippen molar-refractivity contribution in [1.29, 1.82) is 0 Å². The number of hydrogen-bond acceptors (Lipinski definition) is 2. The number of carbonyl (C=O) groups is 2. The monoisotopic (exact) mass is 275 g/mol. The van der Waals surface area contributed by atoms with Crippen molar-refractivity contribution in [3.05, 3.63) is 29.8 Å². The van der Waals surface area contributed by atoms with Crippen LogP contribution in [0.2, 0.25) is 0 Å². The number of benzene rings is 1. The van der Waals surface area contributed by atoms with Gasteiger partial charge in [0.25, 0.3) is 0 Å². The zero-order valence-electron chi connectivity index (χ0n) is 12.0. The molecule has 1 aromatic carbocycles. The Morgan fingerprint density at radius 2 is 1.75 bits per heavy atom. The fourth-order valence-corrected chi connectivity index (χ4v) is 2.27. The maximum Gasteiger partial charge on any atom is 0.319 e. The van der Waals surface area contributed by atoms with E-state index in [1.165, 1.54) is 0 Å². The summed E-state index contributed by atoms with van der Waals surface area (Å²) in [7, 11) is 0. The lowest BCUT2D eigenvalue weighted by Crippen LogP contribution is -2.47. The quantitative estimate of drug-likeness (QED) is 0.887. The summed E-state index contributed by atoms with van der Waals surface area (Å²) in [5.41, 5.74) is 1.85. The van der Waals surface area contributed by atoms with Crippen LogP contribution in [-0.4, -0.2) is 36.0 Å². The SMILES string of the molecule is Cc1ccc(NC(=O)N[C@H](C)C(=O)N2CCCC2)cc1. The summed E-state index contributed by atoms with van der Waals surface area (Å²) in [4.78, 5) is 25.7. The van der Waals surface area contributed by atoms with Crippen LogP contribution in [0.25, 0.3) is 0 Å². The number of amides is 3. The van der Waals surface area contributed by atoms with E-state index in [2.05, 4.69) is 10.6 Å². The molecule has 5 nitrogen and oxygen atoms in total. The zero-order valence-corrected chi connectivity index (χ0v) is 12.0. The van der Waals surface area contributed by atoms with E-state index in [0.29, 0.717) is 5.69 Å². The van der Waals surface area contributed by atoms with E-state index in [0.717, 1.165) is 31.5 Å². The Labute approximate surface area is 119 Å². The molecule has 1 aromatic rings. The van der Waals surface area contributed by atoms with Gasteiger partial charge in [0.05, 0.1) is 0 Å². The second-order valence-electron chi connectivity index (χ2n) is 5.22. The second kappa shape index (κ2) is 6.41. The Morgan fingerprint density at radius 3 is 2.35 bits per heavy atom. The van der Waals surface area contributed by atoms with E-state index in [-0.39, 0.29) is 11.9 Å². The average Bonchev–Trinajstić information content (AvgIpc) is 2.94. The minimum atomic E-state index is -0.501. The van der Waals surface area contributed by atoms with Crippen molar-refractivity contribution in [2.24, 2.45) is 0 Å². The normalized spacial score (nSPS) is 15.8. The van der Waals surface area contributed by atoms with Gasteiger partial charge in [0.15, 0.2) is 0 Å². The van der Waals surface area contributed by atoms with Gasteiger partial charge < -0.3 is 15.5 Å². The van der Waals surface area contributed by atoms with Gasteiger partial charge in [-0.1, -0.05) is 17.7 Å². The Hall–Kier alpha value is -2.04. The van der Waals surface area contributed by atoms with E-state index in [4.69, 9.17) is 0 Å². The molecule has 1 fully saturated rings. The number of carbonyl (C=O) groups excluding carboxylic acids is 2. The van der Waals surface area contributed by atoms with E-state index in [9.17, 15) is 9.59 Å². The predicted octanol–water partition coefficient (Wildman–Crippen LogP) is 2.13. The molecule has 1 aliphatic heterocycles. The van der Waals surface area contributed by atoms with Gasteiger partial charge in [0.1, 0.15) is 6.04 Å². The van der Waals surface area contributed by atoms with Crippen LogP contribution >= 0.6 is 0 Å². The first-order chi connectivity index (χ1) is 9.56. The van der Waals surface area contributed by atoms with Crippen LogP contribution < -0.4 is 10.6 Å². The molecule has 0 bridgehead atoms. The third-order valence-electron chi connectivity index (χ3n) is 3.45. The number of nitrogens with one attached hydrogen (secondary N) is 2. The second-order valence-corrected chi connectivity index (χ2v) is 5.22. The lowest BCUT2D eigenvalue weighted by atomic mass is 10.2. The van der Waals surface area contributed by atoms with E-state index >= 15 is 0 Å². The number of urea groups is 1. The summed E-state index contributed by atoms with van der Waals surface area (Å²) in [6.07, 6.45) is 2.10. The van der Waals surface area contributed by atoms with Gasteiger partial charge in [-0.25, -0.2) is 4.79 Å². The number of nitrogens with zero attached hydrogens (tertiary/aromatic N) is 1. The van der Waals surface area contributed by atoms with Crippen molar-refractivity contribution in [3.63, 3.8) is 0 Å². The Kier molecular flexibility index (Phi) is 4.61. The third kappa shape index (κ3) is 3.73. The van der Waals surface area contributed by atoms with Crippen molar-refractivity contribution in [1.82, 2.24) is 10.2 Å². The van der Waals surface area contributed by atoms with Crippen LogP contribution in [0.1, 0.15) is 25.3 Å². The minimum absolute atomic E-state index is 0.0124. The Bertz CT molecular complexity index is 478. The van der Waals surface area contributed by atoms with Gasteiger partial charge in [-0.2, -0.15) is 0 Å². The maximum absolute atomic E-state index is 12.1. The lowest BCUT2D eigenvalue weighted by Gasteiger charge is -2.21. The summed E-state index contributed by atoms with van der Waals surface area (Å²) in [6.45, 7) is 5.30. The topological polar surface area (TPSA) is 61.4 Å². The first kappa shape index (κ1) is 14.4. The molecule has 0 unspecified atom stereocenters. The van der Waals surface area contributed by atoms with Crippen LogP contribution in [0.4, 0.5) is 10.5 Å². The molecule has 0 aliphatic carbocycles.